The van der Waals surface area contributed by atoms with Crippen LogP contribution in [0.2, 0.25) is 0 Å². The molecule has 0 heterocycles. The van der Waals surface area contributed by atoms with Crippen molar-refractivity contribution in [3.05, 3.63) is 40.0 Å². The third-order valence-corrected chi connectivity index (χ3v) is 6.86. The number of ether oxygens (including phenoxy) is 3. The molecule has 0 aliphatic heterocycles. The molecule has 0 amide bonds. The summed E-state index contributed by atoms with van der Waals surface area (Å²) in [4.78, 5) is 27.1. The fourth-order valence-electron chi connectivity index (χ4n) is 4.86. The van der Waals surface area contributed by atoms with Gasteiger partial charge in [-0.05, 0) is 51.5 Å². The van der Waals surface area contributed by atoms with Crippen molar-refractivity contribution in [1.82, 2.24) is 0 Å². The average molecular weight is 487 g/mol. The van der Waals surface area contributed by atoms with Crippen molar-refractivity contribution in [3.63, 3.8) is 0 Å². The molecule has 6 nitrogen and oxygen atoms in total. The molecule has 0 saturated heterocycles. The highest BCUT2D eigenvalue weighted by atomic mass is 16.5. The highest BCUT2D eigenvalue weighted by Crippen LogP contribution is 2.49. The zero-order valence-corrected chi connectivity index (χ0v) is 22.5. The monoisotopic (exact) mass is 486 g/mol. The molecular weight excluding hydrogens is 444 g/mol. The molecule has 0 radical (unpaired) electrons. The van der Waals surface area contributed by atoms with E-state index in [1.165, 1.54) is 20.3 Å². The van der Waals surface area contributed by atoms with Gasteiger partial charge in [-0.1, -0.05) is 50.8 Å². The van der Waals surface area contributed by atoms with E-state index in [9.17, 15) is 14.7 Å². The Kier molecular flexibility index (Phi) is 10.9. The lowest BCUT2D eigenvalue weighted by Gasteiger charge is -2.32. The maximum Gasteiger partial charge on any atom is 0.334 e. The molecule has 0 saturated carbocycles. The van der Waals surface area contributed by atoms with Crippen molar-refractivity contribution >= 4 is 11.8 Å². The first kappa shape index (κ1) is 28.5. The van der Waals surface area contributed by atoms with Gasteiger partial charge in [0.15, 0.2) is 17.3 Å². The maximum absolute atomic E-state index is 13.6. The van der Waals surface area contributed by atoms with Gasteiger partial charge in [-0.2, -0.15) is 0 Å². The second-order valence-corrected chi connectivity index (χ2v) is 9.46. The normalized spacial score (nSPS) is 15.5. The lowest BCUT2D eigenvalue weighted by Crippen LogP contribution is -2.26. The number of phenols is 1. The van der Waals surface area contributed by atoms with E-state index in [0.29, 0.717) is 35.5 Å². The van der Waals surface area contributed by atoms with Crippen LogP contribution in [-0.4, -0.2) is 37.7 Å². The number of carbonyl (C=O) groups is 2. The zero-order valence-electron chi connectivity index (χ0n) is 22.5. The van der Waals surface area contributed by atoms with Gasteiger partial charge in [-0.25, -0.2) is 4.79 Å². The van der Waals surface area contributed by atoms with Gasteiger partial charge in [0.05, 0.1) is 20.8 Å². The summed E-state index contributed by atoms with van der Waals surface area (Å²) in [6.45, 7) is 10.4. The lowest BCUT2D eigenvalue weighted by atomic mass is 9.72. The lowest BCUT2D eigenvalue weighted by molar-refractivity contribution is -0.139. The summed E-state index contributed by atoms with van der Waals surface area (Å²) in [5, 5.41) is 10.4. The van der Waals surface area contributed by atoms with Crippen molar-refractivity contribution in [2.45, 2.75) is 85.5 Å². The molecule has 2 unspecified atom stereocenters. The highest BCUT2D eigenvalue weighted by molar-refractivity contribution is 6.03. The second-order valence-electron chi connectivity index (χ2n) is 9.46. The number of rotatable bonds is 12. The minimum absolute atomic E-state index is 0.0446. The summed E-state index contributed by atoms with van der Waals surface area (Å²) in [6.07, 6.45) is 5.73. The van der Waals surface area contributed by atoms with E-state index in [4.69, 9.17) is 14.2 Å². The molecular formula is C29H42O6. The molecule has 35 heavy (non-hydrogen) atoms. The zero-order chi connectivity index (χ0) is 26.1. The van der Waals surface area contributed by atoms with Crippen LogP contribution in [0.25, 0.3) is 0 Å². The summed E-state index contributed by atoms with van der Waals surface area (Å²) in [7, 11) is 2.95. The Balaban J connectivity index is 2.84. The van der Waals surface area contributed by atoms with Crippen LogP contribution in [0, 0.1) is 5.92 Å². The van der Waals surface area contributed by atoms with Gasteiger partial charge in [-0.3, -0.25) is 4.79 Å². The Hall–Kier alpha value is -2.76. The van der Waals surface area contributed by atoms with E-state index in [0.717, 1.165) is 49.7 Å². The van der Waals surface area contributed by atoms with Crippen LogP contribution in [0.5, 0.6) is 17.2 Å². The first-order chi connectivity index (χ1) is 16.7. The van der Waals surface area contributed by atoms with Crippen LogP contribution in [0.1, 0.15) is 91.0 Å². The van der Waals surface area contributed by atoms with E-state index in [1.54, 1.807) is 6.07 Å². The maximum atomic E-state index is 13.6. The molecule has 2 atom stereocenters. The van der Waals surface area contributed by atoms with Crippen LogP contribution < -0.4 is 9.47 Å². The van der Waals surface area contributed by atoms with Crippen LogP contribution >= 0.6 is 0 Å². The number of phenolic OH excluding ortho intramolecular Hbond substituents is 1. The molecule has 1 aliphatic rings. The van der Waals surface area contributed by atoms with Gasteiger partial charge in [-0.15, -0.1) is 0 Å². The molecule has 194 valence electrons. The molecule has 0 bridgehead atoms. The number of aromatic hydroxyl groups is 1. The number of benzene rings is 1. The summed E-state index contributed by atoms with van der Waals surface area (Å²) < 4.78 is 16.9. The van der Waals surface area contributed by atoms with Crippen LogP contribution in [-0.2, 0) is 14.3 Å². The average Bonchev–Trinajstić information content (AvgIpc) is 2.84. The van der Waals surface area contributed by atoms with E-state index >= 15 is 0 Å². The summed E-state index contributed by atoms with van der Waals surface area (Å²) >= 11 is 0. The van der Waals surface area contributed by atoms with Crippen molar-refractivity contribution in [2.24, 2.45) is 5.92 Å². The minimum atomic E-state index is -0.681. The smallest absolute Gasteiger partial charge is 0.334 e. The Bertz CT molecular complexity index is 968. The predicted octanol–water partition coefficient (Wildman–Crippen LogP) is 6.66. The van der Waals surface area contributed by atoms with E-state index < -0.39 is 11.9 Å². The highest BCUT2D eigenvalue weighted by Gasteiger charge is 2.38. The Labute approximate surface area is 210 Å². The van der Waals surface area contributed by atoms with Crippen LogP contribution in [0.15, 0.2) is 34.4 Å². The van der Waals surface area contributed by atoms with Gasteiger partial charge in [0.25, 0.3) is 0 Å². The molecule has 6 heteroatoms. The molecule has 0 aromatic heterocycles. The number of Topliss-reactive ketones (excluding diaryl/α,β-unsaturated/α-hetero) is 1. The number of methoxy groups -OCH3 is 2. The third kappa shape index (κ3) is 6.47. The largest absolute Gasteiger partial charge is 0.504 e. The molecule has 0 fully saturated rings. The number of hydrogen-bond acceptors (Lipinski definition) is 6. The van der Waals surface area contributed by atoms with Gasteiger partial charge in [0.2, 0.25) is 5.75 Å². The molecule has 1 aliphatic carbocycles. The second kappa shape index (κ2) is 13.4. The van der Waals surface area contributed by atoms with Crippen molar-refractivity contribution in [1.29, 1.82) is 0 Å². The van der Waals surface area contributed by atoms with E-state index in [2.05, 4.69) is 20.8 Å². The third-order valence-electron chi connectivity index (χ3n) is 6.86. The predicted molar refractivity (Wildman–Crippen MR) is 138 cm³/mol. The molecule has 1 aromatic carbocycles. The molecule has 1 aromatic rings. The van der Waals surface area contributed by atoms with Crippen molar-refractivity contribution in [2.75, 3.05) is 20.8 Å². The Morgan fingerprint density at radius 3 is 2.31 bits per heavy atom. The number of hydrogen-bond donors (Lipinski definition) is 1. The van der Waals surface area contributed by atoms with Gasteiger partial charge < -0.3 is 19.3 Å². The van der Waals surface area contributed by atoms with Gasteiger partial charge in [0.1, 0.15) is 0 Å². The summed E-state index contributed by atoms with van der Waals surface area (Å²) in [5.41, 5.74) is 3.56. The molecule has 0 spiro atoms. The molecule has 1 N–H and O–H groups in total. The number of esters is 1. The van der Waals surface area contributed by atoms with Crippen molar-refractivity contribution < 1.29 is 28.9 Å². The molecule has 2 rings (SSSR count). The van der Waals surface area contributed by atoms with E-state index in [1.807, 2.05) is 13.8 Å². The quantitative estimate of drug-likeness (QED) is 0.202. The van der Waals surface area contributed by atoms with E-state index in [-0.39, 0.29) is 23.2 Å². The number of unbranched alkanes of at least 4 members (excludes halogenated alkanes) is 2. The number of allylic oxidation sites excluding steroid dienone is 3. The fraction of sp³-hybridized carbons (Fsp3) is 0.586. The van der Waals surface area contributed by atoms with Crippen LogP contribution in [0.4, 0.5) is 0 Å². The topological polar surface area (TPSA) is 82.1 Å². The summed E-state index contributed by atoms with van der Waals surface area (Å²) in [5.74, 6) is -0.449. The summed E-state index contributed by atoms with van der Waals surface area (Å²) in [6, 6.07) is 3.24. The Morgan fingerprint density at radius 2 is 1.74 bits per heavy atom. The first-order valence-corrected chi connectivity index (χ1v) is 12.8. The van der Waals surface area contributed by atoms with Crippen LogP contribution in [0.3, 0.4) is 0 Å². The number of carbonyl (C=O) groups excluding carboxylic acids is 2. The fourth-order valence-corrected chi connectivity index (χ4v) is 4.86. The van der Waals surface area contributed by atoms with Gasteiger partial charge in [0, 0.05) is 29.0 Å². The standard InChI is InChI=1S/C29H42O6/c1-8-10-11-17-35-29(32)24(18(3)4)26(21-15-16-23(31)28(34-7)27(21)33-6)25-20(19(5)9-2)13-12-14-22(25)30/h15-16,19,26,31H,8-14,17H2,1-7H3. The minimum Gasteiger partial charge on any atom is -0.504 e. The Morgan fingerprint density at radius 1 is 1.06 bits per heavy atom. The SMILES string of the molecule is CCCCCOC(=O)C(=C(C)C)C(C1=C(C(C)CC)CCCC1=O)c1ccc(O)c(OC)c1OC. The number of ketones is 1. The van der Waals surface area contributed by atoms with Gasteiger partial charge >= 0.3 is 5.97 Å². The van der Waals surface area contributed by atoms with Crippen molar-refractivity contribution in [3.8, 4) is 17.2 Å². The first-order valence-electron chi connectivity index (χ1n) is 12.8.